The number of halogens is 1. The number of hydrogen-bond donors (Lipinski definition) is 1. The average molecular weight is 441 g/mol. The van der Waals surface area contributed by atoms with E-state index in [0.29, 0.717) is 23.3 Å². The van der Waals surface area contributed by atoms with Crippen LogP contribution < -0.4 is 5.32 Å². The summed E-state index contributed by atoms with van der Waals surface area (Å²) in [5.74, 6) is -0.0883. The number of carbonyl (C=O) groups excluding carboxylic acids is 2. The lowest BCUT2D eigenvalue weighted by Crippen LogP contribution is -2.46. The van der Waals surface area contributed by atoms with Crippen molar-refractivity contribution >= 4 is 11.9 Å². The molecule has 0 saturated carbocycles. The number of nitrogens with zero attached hydrogens (tertiary/aromatic N) is 2. The lowest BCUT2D eigenvalue weighted by molar-refractivity contribution is -0.132. The maximum absolute atomic E-state index is 13.7. The second kappa shape index (κ2) is 8.35. The summed E-state index contributed by atoms with van der Waals surface area (Å²) in [4.78, 5) is 32.0. The summed E-state index contributed by atoms with van der Waals surface area (Å²) in [6, 6.07) is 24.1. The first-order valence-electron chi connectivity index (χ1n) is 10.5. The van der Waals surface area contributed by atoms with Crippen LogP contribution in [0.15, 0.2) is 95.5 Å². The van der Waals surface area contributed by atoms with Crippen molar-refractivity contribution in [2.24, 2.45) is 0 Å². The molecule has 5 rings (SSSR count). The molecule has 3 amide bonds. The molecular weight excluding hydrogens is 421 g/mol. The van der Waals surface area contributed by atoms with E-state index in [1.165, 1.54) is 18.3 Å². The van der Waals surface area contributed by atoms with Crippen LogP contribution in [0.2, 0.25) is 0 Å². The topological polar surface area (TPSA) is 75.4 Å². The van der Waals surface area contributed by atoms with Crippen LogP contribution in [0.3, 0.4) is 0 Å². The smallest absolute Gasteiger partial charge is 0.325 e. The lowest BCUT2D eigenvalue weighted by atomic mass is 9.83. The molecule has 33 heavy (non-hydrogen) atoms. The Morgan fingerprint density at radius 1 is 0.909 bits per heavy atom. The van der Waals surface area contributed by atoms with Gasteiger partial charge in [-0.2, -0.15) is 0 Å². The van der Waals surface area contributed by atoms with E-state index in [-0.39, 0.29) is 24.2 Å². The van der Waals surface area contributed by atoms with Gasteiger partial charge in [-0.05, 0) is 35.4 Å². The number of urea groups is 1. The van der Waals surface area contributed by atoms with Crippen molar-refractivity contribution in [1.29, 1.82) is 0 Å². The predicted molar refractivity (Wildman–Crippen MR) is 119 cm³/mol. The van der Waals surface area contributed by atoms with E-state index >= 15 is 0 Å². The second-order valence-corrected chi connectivity index (χ2v) is 7.88. The summed E-state index contributed by atoms with van der Waals surface area (Å²) in [6.45, 7) is -0.116. The molecule has 1 fully saturated rings. The molecule has 1 saturated heterocycles. The van der Waals surface area contributed by atoms with E-state index in [1.54, 1.807) is 12.1 Å². The standard InChI is InChI=1S/C26H20FN3O3/c27-21-13-11-19(12-14-21)22-16-28-23(33-22)17-30-24(31)26(29-25(30)32,20-9-5-2-6-10-20)15-18-7-3-1-4-8-18/h1-14,16H,15,17H2,(H,29,32). The first-order chi connectivity index (χ1) is 16.0. The van der Waals surface area contributed by atoms with Crippen LogP contribution in [-0.2, 0) is 23.3 Å². The van der Waals surface area contributed by atoms with Gasteiger partial charge in [0.25, 0.3) is 5.91 Å². The minimum Gasteiger partial charge on any atom is -0.439 e. The minimum atomic E-state index is -1.23. The molecule has 2 heterocycles. The van der Waals surface area contributed by atoms with Crippen molar-refractivity contribution in [2.75, 3.05) is 0 Å². The highest BCUT2D eigenvalue weighted by molar-refractivity contribution is 6.07. The minimum absolute atomic E-state index is 0.116. The number of hydrogen-bond acceptors (Lipinski definition) is 4. The van der Waals surface area contributed by atoms with E-state index < -0.39 is 11.6 Å². The van der Waals surface area contributed by atoms with Crippen molar-refractivity contribution in [1.82, 2.24) is 15.2 Å². The first-order valence-corrected chi connectivity index (χ1v) is 10.5. The van der Waals surface area contributed by atoms with Crippen molar-refractivity contribution in [3.8, 4) is 11.3 Å². The molecule has 1 aliphatic heterocycles. The summed E-state index contributed by atoms with van der Waals surface area (Å²) in [5, 5.41) is 2.92. The lowest BCUT2D eigenvalue weighted by Gasteiger charge is -2.27. The molecule has 0 bridgehead atoms. The van der Waals surface area contributed by atoms with Gasteiger partial charge in [-0.25, -0.2) is 14.2 Å². The van der Waals surface area contributed by atoms with E-state index in [0.717, 1.165) is 10.5 Å². The molecule has 7 heteroatoms. The molecule has 4 aromatic rings. The normalized spacial score (nSPS) is 17.9. The molecule has 1 unspecified atom stereocenters. The van der Waals surface area contributed by atoms with E-state index in [4.69, 9.17) is 4.42 Å². The fraction of sp³-hybridized carbons (Fsp3) is 0.115. The molecule has 0 radical (unpaired) electrons. The molecular formula is C26H20FN3O3. The molecule has 1 aliphatic rings. The van der Waals surface area contributed by atoms with Crippen LogP contribution in [0, 0.1) is 5.82 Å². The van der Waals surface area contributed by atoms with E-state index in [1.807, 2.05) is 60.7 Å². The molecule has 1 atom stereocenters. The van der Waals surface area contributed by atoms with E-state index in [2.05, 4.69) is 10.3 Å². The number of aromatic nitrogens is 1. The molecule has 3 aromatic carbocycles. The Balaban J connectivity index is 1.44. The van der Waals surface area contributed by atoms with Gasteiger partial charge in [-0.3, -0.25) is 9.69 Å². The maximum Gasteiger partial charge on any atom is 0.325 e. The SMILES string of the molecule is O=C1NC(Cc2ccccc2)(c2ccccc2)C(=O)N1Cc1ncc(-c2ccc(F)cc2)o1. The zero-order valence-electron chi connectivity index (χ0n) is 17.6. The fourth-order valence-electron chi connectivity index (χ4n) is 4.08. The van der Waals surface area contributed by atoms with Gasteiger partial charge in [0.1, 0.15) is 12.4 Å². The Morgan fingerprint density at radius 3 is 2.27 bits per heavy atom. The summed E-state index contributed by atoms with van der Waals surface area (Å²) in [5.41, 5.74) is 1.04. The predicted octanol–water partition coefficient (Wildman–Crippen LogP) is 4.67. The number of oxazole rings is 1. The average Bonchev–Trinajstić information content (AvgIpc) is 3.40. The number of nitrogens with one attached hydrogen (secondary N) is 1. The van der Waals surface area contributed by atoms with Crippen molar-refractivity contribution in [3.05, 3.63) is 114 Å². The third kappa shape index (κ3) is 3.89. The van der Waals surface area contributed by atoms with Crippen LogP contribution in [0.5, 0.6) is 0 Å². The Labute approximate surface area is 189 Å². The monoisotopic (exact) mass is 441 g/mol. The molecule has 0 aliphatic carbocycles. The number of imide groups is 1. The van der Waals surface area contributed by atoms with Crippen molar-refractivity contribution in [3.63, 3.8) is 0 Å². The van der Waals surface area contributed by atoms with Crippen LogP contribution in [-0.4, -0.2) is 21.8 Å². The van der Waals surface area contributed by atoms with E-state index in [9.17, 15) is 14.0 Å². The van der Waals surface area contributed by atoms with Gasteiger partial charge in [0.05, 0.1) is 6.20 Å². The second-order valence-electron chi connectivity index (χ2n) is 7.88. The molecule has 1 N–H and O–H groups in total. The van der Waals surface area contributed by atoms with Crippen LogP contribution in [0.4, 0.5) is 9.18 Å². The Kier molecular flexibility index (Phi) is 5.22. The van der Waals surface area contributed by atoms with Crippen LogP contribution >= 0.6 is 0 Å². The fourth-order valence-corrected chi connectivity index (χ4v) is 4.08. The van der Waals surface area contributed by atoms with Gasteiger partial charge < -0.3 is 9.73 Å². The highest BCUT2D eigenvalue weighted by atomic mass is 19.1. The Bertz CT molecular complexity index is 1290. The third-order valence-corrected chi connectivity index (χ3v) is 5.73. The zero-order chi connectivity index (χ0) is 22.8. The number of benzene rings is 3. The van der Waals surface area contributed by atoms with Gasteiger partial charge in [-0.1, -0.05) is 60.7 Å². The quantitative estimate of drug-likeness (QED) is 0.441. The first kappa shape index (κ1) is 20.6. The molecule has 0 spiro atoms. The van der Waals surface area contributed by atoms with Gasteiger partial charge >= 0.3 is 6.03 Å². The largest absolute Gasteiger partial charge is 0.439 e. The number of carbonyl (C=O) groups is 2. The summed E-state index contributed by atoms with van der Waals surface area (Å²) >= 11 is 0. The van der Waals surface area contributed by atoms with Gasteiger partial charge in [0.2, 0.25) is 5.89 Å². The zero-order valence-corrected chi connectivity index (χ0v) is 17.6. The third-order valence-electron chi connectivity index (χ3n) is 5.73. The highest BCUT2D eigenvalue weighted by Crippen LogP contribution is 2.34. The highest BCUT2D eigenvalue weighted by Gasteiger charge is 2.52. The summed E-state index contributed by atoms with van der Waals surface area (Å²) < 4.78 is 19.0. The maximum atomic E-state index is 13.7. The van der Waals surface area contributed by atoms with Crippen LogP contribution in [0.25, 0.3) is 11.3 Å². The Hall–Kier alpha value is -4.26. The van der Waals surface area contributed by atoms with Crippen LogP contribution in [0.1, 0.15) is 17.0 Å². The summed E-state index contributed by atoms with van der Waals surface area (Å²) in [6.07, 6.45) is 1.81. The van der Waals surface area contributed by atoms with Crippen molar-refractivity contribution in [2.45, 2.75) is 18.5 Å². The number of rotatable bonds is 6. The van der Waals surface area contributed by atoms with Crippen molar-refractivity contribution < 1.29 is 18.4 Å². The summed E-state index contributed by atoms with van der Waals surface area (Å²) in [7, 11) is 0. The van der Waals surface area contributed by atoms with Gasteiger partial charge in [0, 0.05) is 12.0 Å². The molecule has 6 nitrogen and oxygen atoms in total. The Morgan fingerprint density at radius 2 is 1.58 bits per heavy atom. The molecule has 164 valence electrons. The number of amides is 3. The van der Waals surface area contributed by atoms with Gasteiger partial charge in [0.15, 0.2) is 11.3 Å². The van der Waals surface area contributed by atoms with Gasteiger partial charge in [-0.15, -0.1) is 0 Å². The molecule has 1 aromatic heterocycles.